The summed E-state index contributed by atoms with van der Waals surface area (Å²) in [7, 11) is 0. The van der Waals surface area contributed by atoms with Crippen molar-refractivity contribution in [2.24, 2.45) is 0 Å². The van der Waals surface area contributed by atoms with E-state index in [1.165, 1.54) is 17.7 Å². The van der Waals surface area contributed by atoms with Gasteiger partial charge in [-0.05, 0) is 32.0 Å². The number of carbonyl (C=O) groups excluding carboxylic acids is 1. The van der Waals surface area contributed by atoms with Gasteiger partial charge in [-0.25, -0.2) is 15.0 Å². The molecule has 1 aromatic carbocycles. The Bertz CT molecular complexity index is 818. The van der Waals surface area contributed by atoms with Crippen molar-refractivity contribution in [1.29, 1.82) is 0 Å². The number of amides is 1. The minimum Gasteiger partial charge on any atom is -0.370 e. The predicted molar refractivity (Wildman–Crippen MR) is 91.7 cm³/mol. The van der Waals surface area contributed by atoms with E-state index in [-0.39, 0.29) is 11.9 Å². The van der Waals surface area contributed by atoms with E-state index in [1.54, 1.807) is 18.3 Å². The van der Waals surface area contributed by atoms with Crippen molar-refractivity contribution < 1.29 is 4.79 Å². The zero-order chi connectivity index (χ0) is 16.2. The van der Waals surface area contributed by atoms with Crippen molar-refractivity contribution in [3.8, 4) is 0 Å². The molecule has 0 saturated carbocycles. The molecular formula is C16H17N5OS. The lowest BCUT2D eigenvalue weighted by Crippen LogP contribution is -2.26. The van der Waals surface area contributed by atoms with E-state index in [2.05, 4.69) is 25.6 Å². The fourth-order valence-corrected chi connectivity index (χ4v) is 2.94. The molecule has 0 unspecified atom stereocenters. The molecule has 0 aliphatic heterocycles. The highest BCUT2D eigenvalue weighted by Gasteiger charge is 2.14. The summed E-state index contributed by atoms with van der Waals surface area (Å²) in [6.45, 7) is 4.71. The minimum absolute atomic E-state index is 0.124. The first kappa shape index (κ1) is 15.4. The second kappa shape index (κ2) is 6.70. The van der Waals surface area contributed by atoms with Gasteiger partial charge in [-0.15, -0.1) is 11.3 Å². The van der Waals surface area contributed by atoms with Crippen LogP contribution in [0.5, 0.6) is 0 Å². The quantitative estimate of drug-likeness (QED) is 0.753. The Morgan fingerprint density at radius 2 is 2.17 bits per heavy atom. The van der Waals surface area contributed by atoms with Gasteiger partial charge in [0.15, 0.2) is 0 Å². The summed E-state index contributed by atoms with van der Waals surface area (Å²) in [5.74, 6) is 0.638. The summed E-state index contributed by atoms with van der Waals surface area (Å²) in [6.07, 6.45) is 3.23. The van der Waals surface area contributed by atoms with Crippen LogP contribution in [0.2, 0.25) is 0 Å². The van der Waals surface area contributed by atoms with E-state index in [0.717, 1.165) is 28.3 Å². The number of hydrogen-bond acceptors (Lipinski definition) is 6. The molecule has 2 heterocycles. The molecule has 0 aliphatic carbocycles. The molecule has 1 atom stereocenters. The van der Waals surface area contributed by atoms with Crippen LogP contribution in [0, 0.1) is 0 Å². The number of hydrogen-bond donors (Lipinski definition) is 2. The summed E-state index contributed by atoms with van der Waals surface area (Å²) in [4.78, 5) is 25.1. The average Bonchev–Trinajstić information content (AvgIpc) is 3.09. The van der Waals surface area contributed by atoms with Crippen LogP contribution in [0.4, 0.5) is 5.82 Å². The maximum atomic E-state index is 12.4. The van der Waals surface area contributed by atoms with Crippen LogP contribution in [-0.4, -0.2) is 27.4 Å². The topological polar surface area (TPSA) is 79.8 Å². The first-order chi connectivity index (χ1) is 11.2. The molecule has 0 bridgehead atoms. The third-order valence-electron chi connectivity index (χ3n) is 3.41. The summed E-state index contributed by atoms with van der Waals surface area (Å²) in [6, 6.07) is 5.31. The van der Waals surface area contributed by atoms with Gasteiger partial charge in [-0.3, -0.25) is 4.79 Å². The predicted octanol–water partition coefficient (Wildman–Crippen LogP) is 3.01. The molecule has 2 aromatic heterocycles. The summed E-state index contributed by atoms with van der Waals surface area (Å²) in [5.41, 5.74) is 1.31. The Morgan fingerprint density at radius 3 is 2.91 bits per heavy atom. The van der Waals surface area contributed by atoms with Gasteiger partial charge in [0, 0.05) is 29.1 Å². The first-order valence-corrected chi connectivity index (χ1v) is 8.26. The molecule has 1 amide bonds. The molecular weight excluding hydrogens is 310 g/mol. The number of nitrogens with zero attached hydrogens (tertiary/aromatic N) is 3. The smallest absolute Gasteiger partial charge is 0.251 e. The van der Waals surface area contributed by atoms with Crippen LogP contribution in [0.25, 0.3) is 10.9 Å². The van der Waals surface area contributed by atoms with Gasteiger partial charge in [0.1, 0.15) is 17.2 Å². The molecule has 3 aromatic rings. The highest BCUT2D eigenvalue weighted by molar-refractivity contribution is 7.09. The van der Waals surface area contributed by atoms with Gasteiger partial charge in [0.2, 0.25) is 0 Å². The normalized spacial score (nSPS) is 12.1. The summed E-state index contributed by atoms with van der Waals surface area (Å²) >= 11 is 1.52. The van der Waals surface area contributed by atoms with Crippen molar-refractivity contribution in [3.05, 3.63) is 46.7 Å². The van der Waals surface area contributed by atoms with E-state index >= 15 is 0 Å². The molecule has 7 heteroatoms. The molecule has 0 radical (unpaired) electrons. The van der Waals surface area contributed by atoms with Crippen LogP contribution < -0.4 is 10.6 Å². The number of anilines is 1. The zero-order valence-corrected chi connectivity index (χ0v) is 13.7. The fraction of sp³-hybridized carbons (Fsp3) is 0.250. The van der Waals surface area contributed by atoms with Crippen LogP contribution >= 0.6 is 11.3 Å². The first-order valence-electron chi connectivity index (χ1n) is 7.38. The lowest BCUT2D eigenvalue weighted by atomic mass is 10.1. The fourth-order valence-electron chi connectivity index (χ4n) is 2.30. The van der Waals surface area contributed by atoms with Gasteiger partial charge in [-0.1, -0.05) is 0 Å². The molecule has 0 saturated heterocycles. The highest BCUT2D eigenvalue weighted by atomic mass is 32.1. The van der Waals surface area contributed by atoms with Crippen LogP contribution in [0.3, 0.4) is 0 Å². The van der Waals surface area contributed by atoms with Crippen molar-refractivity contribution in [2.45, 2.75) is 19.9 Å². The van der Waals surface area contributed by atoms with Gasteiger partial charge < -0.3 is 10.6 Å². The number of rotatable bonds is 5. The molecule has 2 N–H and O–H groups in total. The van der Waals surface area contributed by atoms with Crippen LogP contribution in [0.1, 0.15) is 35.3 Å². The van der Waals surface area contributed by atoms with E-state index in [9.17, 15) is 4.79 Å². The van der Waals surface area contributed by atoms with Crippen molar-refractivity contribution in [3.63, 3.8) is 0 Å². The number of fused-ring (bicyclic) bond motifs is 1. The number of carbonyl (C=O) groups is 1. The summed E-state index contributed by atoms with van der Waals surface area (Å²) < 4.78 is 0. The van der Waals surface area contributed by atoms with E-state index < -0.39 is 0 Å². The van der Waals surface area contributed by atoms with Crippen LogP contribution in [-0.2, 0) is 0 Å². The van der Waals surface area contributed by atoms with Gasteiger partial charge >= 0.3 is 0 Å². The molecule has 3 rings (SSSR count). The van der Waals surface area contributed by atoms with Crippen molar-refractivity contribution in [2.75, 3.05) is 11.9 Å². The maximum Gasteiger partial charge on any atom is 0.251 e. The molecule has 118 valence electrons. The Balaban J connectivity index is 1.84. The van der Waals surface area contributed by atoms with Crippen molar-refractivity contribution in [1.82, 2.24) is 20.3 Å². The largest absolute Gasteiger partial charge is 0.370 e. The highest BCUT2D eigenvalue weighted by Crippen LogP contribution is 2.21. The average molecular weight is 327 g/mol. The lowest BCUT2D eigenvalue weighted by molar-refractivity contribution is 0.0940. The van der Waals surface area contributed by atoms with Gasteiger partial charge in [0.25, 0.3) is 5.91 Å². The number of thiazole rings is 1. The second-order valence-electron chi connectivity index (χ2n) is 5.05. The van der Waals surface area contributed by atoms with E-state index in [4.69, 9.17) is 0 Å². The zero-order valence-electron chi connectivity index (χ0n) is 12.9. The van der Waals surface area contributed by atoms with E-state index in [0.29, 0.717) is 5.56 Å². The molecule has 23 heavy (non-hydrogen) atoms. The monoisotopic (exact) mass is 327 g/mol. The third-order valence-corrected chi connectivity index (χ3v) is 4.37. The lowest BCUT2D eigenvalue weighted by Gasteiger charge is -2.12. The Morgan fingerprint density at radius 1 is 1.30 bits per heavy atom. The van der Waals surface area contributed by atoms with Gasteiger partial charge in [-0.2, -0.15) is 0 Å². The third kappa shape index (κ3) is 3.29. The van der Waals surface area contributed by atoms with E-state index in [1.807, 2.05) is 25.3 Å². The minimum atomic E-state index is -0.141. The number of nitrogens with one attached hydrogen (secondary N) is 2. The molecule has 0 spiro atoms. The van der Waals surface area contributed by atoms with Crippen LogP contribution in [0.15, 0.2) is 36.1 Å². The molecule has 6 nitrogen and oxygen atoms in total. The Kier molecular flexibility index (Phi) is 4.47. The maximum absolute atomic E-state index is 12.4. The molecule has 0 aliphatic rings. The van der Waals surface area contributed by atoms with Crippen molar-refractivity contribution >= 4 is 34.0 Å². The summed E-state index contributed by atoms with van der Waals surface area (Å²) in [5, 5.41) is 9.83. The van der Waals surface area contributed by atoms with Gasteiger partial charge in [0.05, 0.1) is 11.6 Å². The standard InChI is InChI=1S/C16H17N5OS/c1-3-17-14-12-5-4-11(8-13(12)19-9-20-14)15(22)21-10(2)16-18-6-7-23-16/h4-10H,3H2,1-2H3,(H,21,22)(H,17,19,20)/t10-/m0/s1. The number of aromatic nitrogens is 3. The Hall–Kier alpha value is -2.54. The SMILES string of the molecule is CCNc1ncnc2cc(C(=O)N[C@@H](C)c3nccs3)ccc12. The number of benzene rings is 1. The second-order valence-corrected chi connectivity index (χ2v) is 5.98. The molecule has 0 fully saturated rings. The Labute approximate surface area is 138 Å².